The Morgan fingerprint density at radius 2 is 2.32 bits per heavy atom. The van der Waals surface area contributed by atoms with E-state index in [-0.39, 0.29) is 11.9 Å². The molecule has 0 aromatic heterocycles. The zero-order chi connectivity index (χ0) is 15.8. The van der Waals surface area contributed by atoms with Gasteiger partial charge in [0, 0.05) is 38.3 Å². The maximum atomic E-state index is 12.3. The number of hydrogen-bond donors (Lipinski definition) is 3. The first-order valence-corrected chi connectivity index (χ1v) is 7.57. The topological polar surface area (TPSA) is 81.1 Å². The summed E-state index contributed by atoms with van der Waals surface area (Å²) in [5.41, 5.74) is 3.45. The lowest BCUT2D eigenvalue weighted by atomic mass is 10.2. The van der Waals surface area contributed by atoms with E-state index >= 15 is 0 Å². The van der Waals surface area contributed by atoms with Crippen LogP contribution < -0.4 is 16.1 Å². The fourth-order valence-corrected chi connectivity index (χ4v) is 2.09. The lowest BCUT2D eigenvalue weighted by Crippen LogP contribution is -2.32. The van der Waals surface area contributed by atoms with Crippen LogP contribution in [0.1, 0.15) is 13.3 Å². The van der Waals surface area contributed by atoms with Crippen LogP contribution in [0.5, 0.6) is 0 Å². The minimum absolute atomic E-state index is 0.187. The normalized spacial score (nSPS) is 27.3. The molecule has 2 rings (SSSR count). The molecule has 0 fully saturated rings. The fraction of sp³-hybridized carbons (Fsp3) is 0.533. The minimum atomic E-state index is -0.187. The molecule has 120 valence electrons. The van der Waals surface area contributed by atoms with Crippen LogP contribution in [-0.4, -0.2) is 62.1 Å². The van der Waals surface area contributed by atoms with Crippen molar-refractivity contribution in [2.75, 3.05) is 33.2 Å². The highest BCUT2D eigenvalue weighted by Gasteiger charge is 2.17. The van der Waals surface area contributed by atoms with Crippen LogP contribution in [0.3, 0.4) is 0 Å². The number of amides is 1. The van der Waals surface area contributed by atoms with E-state index in [1.54, 1.807) is 12.3 Å². The summed E-state index contributed by atoms with van der Waals surface area (Å²) in [6.45, 7) is 5.38. The summed E-state index contributed by atoms with van der Waals surface area (Å²) < 4.78 is 0. The van der Waals surface area contributed by atoms with Crippen molar-refractivity contribution in [3.05, 3.63) is 23.9 Å². The second-order valence-corrected chi connectivity index (χ2v) is 5.52. The fourth-order valence-electron chi connectivity index (χ4n) is 2.09. The first-order chi connectivity index (χ1) is 10.6. The molecule has 1 atom stereocenters. The second kappa shape index (κ2) is 8.33. The average Bonchev–Trinajstić information content (AvgIpc) is 2.87. The molecular weight excluding hydrogens is 280 g/mol. The van der Waals surface area contributed by atoms with Crippen LogP contribution in [0.15, 0.2) is 34.0 Å². The zero-order valence-electron chi connectivity index (χ0n) is 13.2. The van der Waals surface area contributed by atoms with E-state index in [1.165, 1.54) is 0 Å². The first-order valence-electron chi connectivity index (χ1n) is 7.57. The molecule has 2 heterocycles. The predicted molar refractivity (Wildman–Crippen MR) is 88.9 cm³/mol. The van der Waals surface area contributed by atoms with E-state index in [1.807, 2.05) is 19.2 Å². The third-order valence-electron chi connectivity index (χ3n) is 3.41. The molecule has 0 aromatic rings. The molecule has 2 aliphatic rings. The van der Waals surface area contributed by atoms with Crippen molar-refractivity contribution in [1.29, 1.82) is 0 Å². The van der Waals surface area contributed by atoms with Gasteiger partial charge in [-0.25, -0.2) is 0 Å². The summed E-state index contributed by atoms with van der Waals surface area (Å²) >= 11 is 0. The Morgan fingerprint density at radius 3 is 3.09 bits per heavy atom. The highest BCUT2D eigenvalue weighted by Crippen LogP contribution is 2.01. The Kier molecular flexibility index (Phi) is 6.14. The Hall–Kier alpha value is -2.15. The summed E-state index contributed by atoms with van der Waals surface area (Å²) in [5, 5.41) is 10.1. The summed E-state index contributed by atoms with van der Waals surface area (Å²) in [7, 11) is 2.06. The second-order valence-electron chi connectivity index (χ2n) is 5.52. The monoisotopic (exact) mass is 304 g/mol. The number of hydrazone groups is 1. The van der Waals surface area contributed by atoms with Crippen LogP contribution in [0, 0.1) is 0 Å². The number of likely N-dealkylation sites (N-methyl/N-ethyl adjacent to an activating group) is 1. The van der Waals surface area contributed by atoms with Gasteiger partial charge in [-0.3, -0.25) is 9.79 Å². The average molecular weight is 304 g/mol. The Balaban J connectivity index is 2.00. The lowest BCUT2D eigenvalue weighted by Gasteiger charge is -2.15. The molecule has 0 radical (unpaired) electrons. The van der Waals surface area contributed by atoms with Crippen LogP contribution in [-0.2, 0) is 4.79 Å². The molecule has 1 amide bonds. The molecule has 0 bridgehead atoms. The highest BCUT2D eigenvalue weighted by molar-refractivity contribution is 6.17. The summed E-state index contributed by atoms with van der Waals surface area (Å²) in [6.07, 6.45) is 7.76. The van der Waals surface area contributed by atoms with Crippen LogP contribution in [0.4, 0.5) is 0 Å². The van der Waals surface area contributed by atoms with Gasteiger partial charge in [-0.15, -0.1) is 0 Å². The molecule has 0 saturated heterocycles. The summed E-state index contributed by atoms with van der Waals surface area (Å²) in [6, 6.07) is 0.258. The van der Waals surface area contributed by atoms with Crippen LogP contribution >= 0.6 is 0 Å². The van der Waals surface area contributed by atoms with Gasteiger partial charge in [-0.1, -0.05) is 0 Å². The Morgan fingerprint density at radius 1 is 1.45 bits per heavy atom. The van der Waals surface area contributed by atoms with Crippen molar-refractivity contribution >= 4 is 18.0 Å². The predicted octanol–water partition coefficient (Wildman–Crippen LogP) is -0.156. The van der Waals surface area contributed by atoms with Crippen molar-refractivity contribution in [1.82, 2.24) is 21.0 Å². The molecular formula is C15H24N6O. The van der Waals surface area contributed by atoms with Crippen molar-refractivity contribution in [2.24, 2.45) is 10.1 Å². The Bertz CT molecular complexity index is 508. The zero-order valence-corrected chi connectivity index (χ0v) is 13.2. The van der Waals surface area contributed by atoms with E-state index in [2.05, 4.69) is 38.1 Å². The van der Waals surface area contributed by atoms with Gasteiger partial charge in [-0.05, 0) is 32.3 Å². The SMILES string of the molecule is CC1CC(NC(=O)/C2=C/C=C/NCCN(C)CCN=C2)=NN1. The van der Waals surface area contributed by atoms with Gasteiger partial charge in [0.25, 0.3) is 5.91 Å². The van der Waals surface area contributed by atoms with Crippen molar-refractivity contribution in [3.63, 3.8) is 0 Å². The highest BCUT2D eigenvalue weighted by atomic mass is 16.1. The Labute approximate surface area is 131 Å². The van der Waals surface area contributed by atoms with Gasteiger partial charge in [0.2, 0.25) is 0 Å². The molecule has 0 saturated carbocycles. The van der Waals surface area contributed by atoms with Gasteiger partial charge in [0.1, 0.15) is 5.84 Å². The number of aliphatic imine (C=N–C) groups is 1. The van der Waals surface area contributed by atoms with Crippen molar-refractivity contribution < 1.29 is 4.79 Å². The van der Waals surface area contributed by atoms with Gasteiger partial charge in [-0.2, -0.15) is 5.10 Å². The number of carbonyl (C=O) groups is 1. The number of carbonyl (C=O) groups excluding carboxylic acids is 1. The van der Waals surface area contributed by atoms with Gasteiger partial charge in [0.05, 0.1) is 12.1 Å². The molecule has 1 unspecified atom stereocenters. The van der Waals surface area contributed by atoms with Gasteiger partial charge in [0.15, 0.2) is 0 Å². The van der Waals surface area contributed by atoms with Crippen molar-refractivity contribution in [2.45, 2.75) is 19.4 Å². The third kappa shape index (κ3) is 5.33. The smallest absolute Gasteiger partial charge is 0.258 e. The molecule has 0 aliphatic carbocycles. The van der Waals surface area contributed by atoms with E-state index in [9.17, 15) is 4.79 Å². The first kappa shape index (κ1) is 16.2. The van der Waals surface area contributed by atoms with Gasteiger partial charge >= 0.3 is 0 Å². The minimum Gasteiger partial charge on any atom is -0.390 e. The number of nitrogens with zero attached hydrogens (tertiary/aromatic N) is 3. The van der Waals surface area contributed by atoms with E-state index in [4.69, 9.17) is 0 Å². The molecule has 3 N–H and O–H groups in total. The largest absolute Gasteiger partial charge is 0.390 e. The van der Waals surface area contributed by atoms with E-state index in [0.717, 1.165) is 26.1 Å². The lowest BCUT2D eigenvalue weighted by molar-refractivity contribution is -0.115. The summed E-state index contributed by atoms with van der Waals surface area (Å²) in [5.74, 6) is 0.480. The number of nitrogens with one attached hydrogen (secondary N) is 3. The molecule has 7 nitrogen and oxygen atoms in total. The molecule has 2 aliphatic heterocycles. The molecule has 0 spiro atoms. The quantitative estimate of drug-likeness (QED) is 0.629. The van der Waals surface area contributed by atoms with E-state index in [0.29, 0.717) is 18.0 Å². The van der Waals surface area contributed by atoms with E-state index < -0.39 is 0 Å². The number of hydrogen-bond acceptors (Lipinski definition) is 6. The van der Waals surface area contributed by atoms with Crippen LogP contribution in [0.2, 0.25) is 0 Å². The third-order valence-corrected chi connectivity index (χ3v) is 3.41. The number of allylic oxidation sites excluding steroid dienone is 2. The standard InChI is InChI=1S/C15H24N6O/c1-12-10-14(20-19-12)18-15(22)13-4-3-5-16-6-8-21(2)9-7-17-11-13/h3-5,11-12,16,19H,6-10H2,1-2H3,(H,18,20,22)/b5-3+,13-4+,17-11?. The number of amidine groups is 1. The van der Waals surface area contributed by atoms with Crippen molar-refractivity contribution in [3.8, 4) is 0 Å². The maximum absolute atomic E-state index is 12.3. The van der Waals surface area contributed by atoms with Crippen LogP contribution in [0.25, 0.3) is 0 Å². The summed E-state index contributed by atoms with van der Waals surface area (Å²) in [4.78, 5) is 18.8. The van der Waals surface area contributed by atoms with Gasteiger partial charge < -0.3 is 21.0 Å². The molecule has 7 heteroatoms. The number of rotatable bonds is 1. The maximum Gasteiger partial charge on any atom is 0.258 e. The molecule has 22 heavy (non-hydrogen) atoms. The molecule has 0 aromatic carbocycles.